The smallest absolute Gasteiger partial charge is 0.411 e. The van der Waals surface area contributed by atoms with Crippen LogP contribution in [-0.4, -0.2) is 43.8 Å². The predicted octanol–water partition coefficient (Wildman–Crippen LogP) is 1.76. The Morgan fingerprint density at radius 3 is 2.79 bits per heavy atom. The lowest BCUT2D eigenvalue weighted by molar-refractivity contribution is -0.421. The van der Waals surface area contributed by atoms with Gasteiger partial charge in [-0.2, -0.15) is 0 Å². The Balaban J connectivity index is 2.12. The van der Waals surface area contributed by atoms with E-state index >= 15 is 0 Å². The molecule has 1 aromatic carbocycles. The van der Waals surface area contributed by atoms with E-state index in [1.54, 1.807) is 19.1 Å². The number of morpholine rings is 1. The fourth-order valence-electron chi connectivity index (χ4n) is 2.20. The van der Waals surface area contributed by atoms with Crippen molar-refractivity contribution in [2.45, 2.75) is 6.92 Å². The lowest BCUT2D eigenvalue weighted by Crippen LogP contribution is -2.36. The molecule has 0 atom stereocenters. The fraction of sp³-hybridized carbons (Fsp3) is 0.400. The molecule has 0 unspecified atom stereocenters. The van der Waals surface area contributed by atoms with Gasteiger partial charge >= 0.3 is 11.7 Å². The van der Waals surface area contributed by atoms with Crippen molar-refractivity contribution in [1.29, 1.82) is 0 Å². The highest BCUT2D eigenvalue weighted by molar-refractivity contribution is 5.86. The van der Waals surface area contributed by atoms with Crippen molar-refractivity contribution in [3.05, 3.63) is 46.0 Å². The standard InChI is InChI=1S/C15H18FN3O5/c1-2-24-15(20)14(19(21)22)10-17-11-3-4-13(12(16)9-11)18-5-7-23-8-6-18/h3-4,9-10,17H,2,5-8H2,1H3. The molecule has 0 saturated carbocycles. The molecule has 0 spiro atoms. The summed E-state index contributed by atoms with van der Waals surface area (Å²) in [7, 11) is 0. The summed E-state index contributed by atoms with van der Waals surface area (Å²) in [4.78, 5) is 23.3. The zero-order valence-corrected chi connectivity index (χ0v) is 13.2. The van der Waals surface area contributed by atoms with Gasteiger partial charge in [-0.05, 0) is 25.1 Å². The summed E-state index contributed by atoms with van der Waals surface area (Å²) >= 11 is 0. The number of carbonyl (C=O) groups excluding carboxylic acids is 1. The minimum Gasteiger partial charge on any atom is -0.458 e. The molecule has 1 N–H and O–H groups in total. The molecule has 1 fully saturated rings. The number of ether oxygens (including phenoxy) is 2. The van der Waals surface area contributed by atoms with Crippen molar-refractivity contribution < 1.29 is 23.6 Å². The Labute approximate surface area is 138 Å². The van der Waals surface area contributed by atoms with Gasteiger partial charge in [0.15, 0.2) is 0 Å². The van der Waals surface area contributed by atoms with E-state index in [0.717, 1.165) is 6.20 Å². The molecule has 24 heavy (non-hydrogen) atoms. The third kappa shape index (κ3) is 4.42. The Kier molecular flexibility index (Phi) is 6.07. The predicted molar refractivity (Wildman–Crippen MR) is 84.8 cm³/mol. The number of nitrogens with one attached hydrogen (secondary N) is 1. The average molecular weight is 339 g/mol. The lowest BCUT2D eigenvalue weighted by atomic mass is 10.2. The van der Waals surface area contributed by atoms with Crippen molar-refractivity contribution in [2.24, 2.45) is 0 Å². The van der Waals surface area contributed by atoms with Gasteiger partial charge in [0.1, 0.15) is 5.82 Å². The van der Waals surface area contributed by atoms with Gasteiger partial charge in [-0.15, -0.1) is 0 Å². The second-order valence-corrected chi connectivity index (χ2v) is 4.92. The molecule has 2 rings (SSSR count). The van der Waals surface area contributed by atoms with E-state index in [4.69, 9.17) is 4.74 Å². The Morgan fingerprint density at radius 2 is 2.21 bits per heavy atom. The van der Waals surface area contributed by atoms with Crippen LogP contribution in [0, 0.1) is 15.9 Å². The average Bonchev–Trinajstić information content (AvgIpc) is 2.56. The quantitative estimate of drug-likeness (QED) is 0.365. The molecule has 8 nitrogen and oxygen atoms in total. The van der Waals surface area contributed by atoms with Gasteiger partial charge in [0.25, 0.3) is 0 Å². The molecular formula is C15H18FN3O5. The monoisotopic (exact) mass is 339 g/mol. The third-order valence-corrected chi connectivity index (χ3v) is 3.36. The Morgan fingerprint density at radius 1 is 1.50 bits per heavy atom. The third-order valence-electron chi connectivity index (χ3n) is 3.36. The van der Waals surface area contributed by atoms with Gasteiger partial charge in [0, 0.05) is 18.8 Å². The number of nitrogens with zero attached hydrogens (tertiary/aromatic N) is 2. The van der Waals surface area contributed by atoms with Crippen LogP contribution in [0.25, 0.3) is 0 Å². The van der Waals surface area contributed by atoms with E-state index in [-0.39, 0.29) is 12.3 Å². The number of hydrogen-bond acceptors (Lipinski definition) is 7. The zero-order valence-electron chi connectivity index (χ0n) is 13.2. The molecule has 1 aromatic rings. The molecule has 1 aliphatic heterocycles. The molecule has 1 saturated heterocycles. The van der Waals surface area contributed by atoms with Crippen LogP contribution in [0.2, 0.25) is 0 Å². The largest absolute Gasteiger partial charge is 0.458 e. The van der Waals surface area contributed by atoms with Gasteiger partial charge in [0.05, 0.1) is 36.6 Å². The van der Waals surface area contributed by atoms with Crippen molar-refractivity contribution in [3.63, 3.8) is 0 Å². The number of nitro groups is 1. The zero-order chi connectivity index (χ0) is 17.5. The van der Waals surface area contributed by atoms with Crippen molar-refractivity contribution in [2.75, 3.05) is 43.1 Å². The topological polar surface area (TPSA) is 93.9 Å². The molecule has 0 aliphatic carbocycles. The van der Waals surface area contributed by atoms with E-state index in [0.29, 0.717) is 32.0 Å². The SMILES string of the molecule is CCOC(=O)C(=CNc1ccc(N2CCOCC2)c(F)c1)[N+](=O)[O-]. The van der Waals surface area contributed by atoms with Crippen LogP contribution in [0.15, 0.2) is 30.1 Å². The minimum absolute atomic E-state index is 0.0207. The Hall–Kier alpha value is -2.68. The summed E-state index contributed by atoms with van der Waals surface area (Å²) in [5.41, 5.74) is -0.0320. The van der Waals surface area contributed by atoms with Crippen LogP contribution in [0.5, 0.6) is 0 Å². The van der Waals surface area contributed by atoms with Crippen LogP contribution >= 0.6 is 0 Å². The van der Waals surface area contributed by atoms with E-state index < -0.39 is 22.4 Å². The number of benzene rings is 1. The molecule has 130 valence electrons. The molecule has 0 aromatic heterocycles. The molecule has 1 aliphatic rings. The highest BCUT2D eigenvalue weighted by Crippen LogP contribution is 2.23. The maximum Gasteiger partial charge on any atom is 0.411 e. The van der Waals surface area contributed by atoms with Crippen LogP contribution in [0.1, 0.15) is 6.92 Å². The van der Waals surface area contributed by atoms with Crippen molar-refractivity contribution in [1.82, 2.24) is 0 Å². The summed E-state index contributed by atoms with van der Waals surface area (Å²) in [6, 6.07) is 4.37. The van der Waals surface area contributed by atoms with Gasteiger partial charge in [0.2, 0.25) is 0 Å². The molecule has 9 heteroatoms. The van der Waals surface area contributed by atoms with Crippen molar-refractivity contribution >= 4 is 17.3 Å². The van der Waals surface area contributed by atoms with E-state index in [9.17, 15) is 19.3 Å². The summed E-state index contributed by atoms with van der Waals surface area (Å²) in [5.74, 6) is -1.52. The molecule has 1 heterocycles. The first-order valence-corrected chi connectivity index (χ1v) is 7.43. The number of esters is 1. The molecule has 0 amide bonds. The first kappa shape index (κ1) is 17.7. The van der Waals surface area contributed by atoms with Crippen LogP contribution < -0.4 is 10.2 Å². The number of carbonyl (C=O) groups is 1. The first-order valence-electron chi connectivity index (χ1n) is 7.43. The number of halogens is 1. The first-order chi connectivity index (χ1) is 11.5. The van der Waals surface area contributed by atoms with Gasteiger partial charge < -0.3 is 19.7 Å². The van der Waals surface area contributed by atoms with Crippen LogP contribution in [0.3, 0.4) is 0 Å². The second-order valence-electron chi connectivity index (χ2n) is 4.92. The van der Waals surface area contributed by atoms with Gasteiger partial charge in [-0.1, -0.05) is 0 Å². The molecular weight excluding hydrogens is 321 g/mol. The number of rotatable bonds is 6. The summed E-state index contributed by atoms with van der Waals surface area (Å²) in [6.45, 7) is 3.83. The number of anilines is 2. The van der Waals surface area contributed by atoms with Gasteiger partial charge in [-0.3, -0.25) is 10.1 Å². The van der Waals surface area contributed by atoms with Crippen LogP contribution in [0.4, 0.5) is 15.8 Å². The number of hydrogen-bond donors (Lipinski definition) is 1. The van der Waals surface area contributed by atoms with E-state index in [2.05, 4.69) is 10.1 Å². The maximum atomic E-state index is 14.2. The second kappa shape index (κ2) is 8.25. The maximum absolute atomic E-state index is 14.2. The van der Waals surface area contributed by atoms with E-state index in [1.165, 1.54) is 6.07 Å². The highest BCUT2D eigenvalue weighted by Gasteiger charge is 2.23. The van der Waals surface area contributed by atoms with Crippen LogP contribution in [-0.2, 0) is 14.3 Å². The molecule has 0 radical (unpaired) electrons. The molecule has 0 bridgehead atoms. The van der Waals surface area contributed by atoms with Crippen molar-refractivity contribution in [3.8, 4) is 0 Å². The highest BCUT2D eigenvalue weighted by atomic mass is 19.1. The summed E-state index contributed by atoms with van der Waals surface area (Å²) in [5, 5.41) is 13.4. The van der Waals surface area contributed by atoms with Gasteiger partial charge in [-0.25, -0.2) is 9.18 Å². The van der Waals surface area contributed by atoms with E-state index in [1.807, 2.05) is 4.90 Å². The normalized spacial score (nSPS) is 15.1. The summed E-state index contributed by atoms with van der Waals surface area (Å²) in [6.07, 6.45) is 0.890. The lowest BCUT2D eigenvalue weighted by Gasteiger charge is -2.29. The summed E-state index contributed by atoms with van der Waals surface area (Å²) < 4.78 is 24.0. The minimum atomic E-state index is -1.06. The Bertz CT molecular complexity index is 644. The fourth-order valence-corrected chi connectivity index (χ4v) is 2.20.